The number of hydrogen-bond acceptors (Lipinski definition) is 7. The van der Waals surface area contributed by atoms with E-state index in [1.54, 1.807) is 34.4 Å². The highest BCUT2D eigenvalue weighted by atomic mass is 32.2. The first-order chi connectivity index (χ1) is 15.6. The molecule has 4 heterocycles. The maximum atomic E-state index is 13.5. The summed E-state index contributed by atoms with van der Waals surface area (Å²) in [5, 5.41) is 3.19. The highest BCUT2D eigenvalue weighted by Crippen LogP contribution is 2.35. The highest BCUT2D eigenvalue weighted by Gasteiger charge is 2.28. The molecule has 0 N–H and O–H groups in total. The van der Waals surface area contributed by atoms with Crippen LogP contribution in [0.1, 0.15) is 40.6 Å². The molecular weight excluding hydrogens is 462 g/mol. The average Bonchev–Trinajstić information content (AvgIpc) is 3.41. The second kappa shape index (κ2) is 9.29. The molecule has 2 aliphatic rings. The fourth-order valence-corrected chi connectivity index (χ4v) is 7.80. The summed E-state index contributed by atoms with van der Waals surface area (Å²) in [4.78, 5) is 37.1. The fraction of sp³-hybridized carbons (Fsp3) is 0.522. The number of rotatable bonds is 6. The van der Waals surface area contributed by atoms with Crippen molar-refractivity contribution in [3.63, 3.8) is 0 Å². The first kappa shape index (κ1) is 22.1. The van der Waals surface area contributed by atoms with Crippen LogP contribution in [-0.4, -0.2) is 45.9 Å². The van der Waals surface area contributed by atoms with E-state index in [1.807, 2.05) is 11.8 Å². The molecule has 5 rings (SSSR count). The molecule has 0 spiro atoms. The Labute approximate surface area is 199 Å². The Morgan fingerprint density at radius 3 is 2.97 bits per heavy atom. The number of thiophene rings is 2. The number of carbonyl (C=O) groups excluding carboxylic acids is 1. The SMILES string of the molecule is COCCn1c(SC(C)C(=O)N2CCc3sccc3C2)nc2sc3c(c2c1=O)CCCC3. The number of aromatic nitrogens is 2. The monoisotopic (exact) mass is 489 g/mol. The number of carbonyl (C=O) groups is 1. The number of fused-ring (bicyclic) bond motifs is 4. The minimum atomic E-state index is -0.317. The van der Waals surface area contributed by atoms with Gasteiger partial charge in [-0.05, 0) is 61.6 Å². The molecule has 3 aromatic rings. The third-order valence-electron chi connectivity index (χ3n) is 6.31. The van der Waals surface area contributed by atoms with Crippen LogP contribution in [-0.2, 0) is 41.9 Å². The molecule has 0 aromatic carbocycles. The van der Waals surface area contributed by atoms with E-state index >= 15 is 0 Å². The number of thioether (sulfide) groups is 1. The van der Waals surface area contributed by atoms with Gasteiger partial charge in [0.2, 0.25) is 5.91 Å². The topological polar surface area (TPSA) is 64.4 Å². The molecule has 1 unspecified atom stereocenters. The second-order valence-corrected chi connectivity index (χ2v) is 11.8. The molecule has 9 heteroatoms. The lowest BCUT2D eigenvalue weighted by Crippen LogP contribution is -2.40. The lowest BCUT2D eigenvalue weighted by Gasteiger charge is -2.29. The summed E-state index contributed by atoms with van der Waals surface area (Å²) in [6.07, 6.45) is 5.20. The van der Waals surface area contributed by atoms with Crippen LogP contribution >= 0.6 is 34.4 Å². The predicted molar refractivity (Wildman–Crippen MR) is 131 cm³/mol. The van der Waals surface area contributed by atoms with E-state index in [-0.39, 0.29) is 16.7 Å². The number of aryl methyl sites for hydroxylation is 2. The first-order valence-corrected chi connectivity index (χ1v) is 13.7. The minimum Gasteiger partial charge on any atom is -0.383 e. The molecule has 0 radical (unpaired) electrons. The molecule has 6 nitrogen and oxygen atoms in total. The zero-order valence-electron chi connectivity index (χ0n) is 18.4. The van der Waals surface area contributed by atoms with Crippen molar-refractivity contribution < 1.29 is 9.53 Å². The van der Waals surface area contributed by atoms with Crippen molar-refractivity contribution in [1.82, 2.24) is 14.5 Å². The predicted octanol–water partition coefficient (Wildman–Crippen LogP) is 4.11. The summed E-state index contributed by atoms with van der Waals surface area (Å²) in [5.41, 5.74) is 2.46. The molecule has 0 saturated carbocycles. The van der Waals surface area contributed by atoms with Gasteiger partial charge in [0, 0.05) is 30.0 Å². The molecule has 1 amide bonds. The van der Waals surface area contributed by atoms with Gasteiger partial charge in [0.25, 0.3) is 5.56 Å². The second-order valence-electron chi connectivity index (χ2n) is 8.37. The Hall–Kier alpha value is -1.68. The normalized spacial score (nSPS) is 16.8. The van der Waals surface area contributed by atoms with E-state index in [0.717, 1.165) is 42.4 Å². The maximum absolute atomic E-state index is 13.5. The van der Waals surface area contributed by atoms with E-state index in [0.29, 0.717) is 24.9 Å². The molecule has 3 aromatic heterocycles. The maximum Gasteiger partial charge on any atom is 0.263 e. The van der Waals surface area contributed by atoms with E-state index in [4.69, 9.17) is 9.72 Å². The lowest BCUT2D eigenvalue weighted by atomic mass is 9.97. The van der Waals surface area contributed by atoms with Crippen LogP contribution < -0.4 is 5.56 Å². The fourth-order valence-electron chi connectivity index (χ4n) is 4.59. The Bertz CT molecular complexity index is 1210. The van der Waals surface area contributed by atoms with Crippen LogP contribution in [0.3, 0.4) is 0 Å². The zero-order chi connectivity index (χ0) is 22.2. The Morgan fingerprint density at radius 2 is 2.12 bits per heavy atom. The van der Waals surface area contributed by atoms with Gasteiger partial charge in [-0.2, -0.15) is 0 Å². The molecule has 0 fully saturated rings. The standard InChI is InChI=1S/C23H27N3O3S3/c1-14(21(27)25-9-7-17-15(13-25)8-12-30-17)31-23-24-20-19(22(28)26(23)10-11-29-2)16-5-3-4-6-18(16)32-20/h8,12,14H,3-7,9-11,13H2,1-2H3. The summed E-state index contributed by atoms with van der Waals surface area (Å²) in [7, 11) is 1.64. The number of amides is 1. The molecule has 1 atom stereocenters. The van der Waals surface area contributed by atoms with Crippen LogP contribution in [0.4, 0.5) is 0 Å². The van der Waals surface area contributed by atoms with Crippen molar-refractivity contribution in [1.29, 1.82) is 0 Å². The summed E-state index contributed by atoms with van der Waals surface area (Å²) < 4.78 is 6.98. The average molecular weight is 490 g/mol. The zero-order valence-corrected chi connectivity index (χ0v) is 20.8. The van der Waals surface area contributed by atoms with Crippen LogP contribution in [0.25, 0.3) is 10.2 Å². The third kappa shape index (κ3) is 4.04. The molecular formula is C23H27N3O3S3. The van der Waals surface area contributed by atoms with Crippen LogP contribution in [0.15, 0.2) is 21.4 Å². The molecule has 0 bridgehead atoms. The summed E-state index contributed by atoms with van der Waals surface area (Å²) >= 11 is 4.82. The summed E-state index contributed by atoms with van der Waals surface area (Å²) in [6.45, 7) is 4.21. The highest BCUT2D eigenvalue weighted by molar-refractivity contribution is 8.00. The number of ether oxygens (including phenoxy) is 1. The summed E-state index contributed by atoms with van der Waals surface area (Å²) in [6, 6.07) is 2.12. The van der Waals surface area contributed by atoms with Gasteiger partial charge in [0.05, 0.1) is 23.8 Å². The third-order valence-corrected chi connectivity index (χ3v) is 9.59. The summed E-state index contributed by atoms with van der Waals surface area (Å²) in [5.74, 6) is 0.102. The van der Waals surface area contributed by atoms with Crippen molar-refractivity contribution >= 4 is 50.6 Å². The van der Waals surface area contributed by atoms with Crippen molar-refractivity contribution in [3.05, 3.63) is 42.7 Å². The van der Waals surface area contributed by atoms with Gasteiger partial charge in [-0.15, -0.1) is 22.7 Å². The van der Waals surface area contributed by atoms with Crippen LogP contribution in [0.5, 0.6) is 0 Å². The van der Waals surface area contributed by atoms with Crippen LogP contribution in [0.2, 0.25) is 0 Å². The van der Waals surface area contributed by atoms with Gasteiger partial charge in [0.15, 0.2) is 5.16 Å². The van der Waals surface area contributed by atoms with Crippen LogP contribution in [0, 0.1) is 0 Å². The van der Waals surface area contributed by atoms with Gasteiger partial charge >= 0.3 is 0 Å². The Balaban J connectivity index is 1.44. The lowest BCUT2D eigenvalue weighted by molar-refractivity contribution is -0.131. The number of hydrogen-bond donors (Lipinski definition) is 0. The minimum absolute atomic E-state index is 0.00878. The van der Waals surface area contributed by atoms with E-state index in [9.17, 15) is 9.59 Å². The Kier molecular flexibility index (Phi) is 6.42. The molecule has 0 saturated heterocycles. The Morgan fingerprint density at radius 1 is 1.28 bits per heavy atom. The molecule has 1 aliphatic carbocycles. The van der Waals surface area contributed by atoms with Crippen molar-refractivity contribution in [3.8, 4) is 0 Å². The number of nitrogens with zero attached hydrogens (tertiary/aromatic N) is 3. The van der Waals surface area contributed by atoms with Crippen molar-refractivity contribution in [2.45, 2.75) is 62.5 Å². The van der Waals surface area contributed by atoms with Gasteiger partial charge in [0.1, 0.15) is 4.83 Å². The van der Waals surface area contributed by atoms with E-state index in [1.165, 1.54) is 39.1 Å². The molecule has 32 heavy (non-hydrogen) atoms. The van der Waals surface area contributed by atoms with Gasteiger partial charge in [-0.25, -0.2) is 4.98 Å². The number of methoxy groups -OCH3 is 1. The van der Waals surface area contributed by atoms with Crippen molar-refractivity contribution in [2.75, 3.05) is 20.3 Å². The molecule has 170 valence electrons. The van der Waals surface area contributed by atoms with E-state index < -0.39 is 0 Å². The van der Waals surface area contributed by atoms with Gasteiger partial charge in [-0.3, -0.25) is 14.2 Å². The van der Waals surface area contributed by atoms with Gasteiger partial charge < -0.3 is 9.64 Å². The van der Waals surface area contributed by atoms with E-state index in [2.05, 4.69) is 11.4 Å². The van der Waals surface area contributed by atoms with Crippen molar-refractivity contribution in [2.24, 2.45) is 0 Å². The quantitative estimate of drug-likeness (QED) is 0.385. The smallest absolute Gasteiger partial charge is 0.263 e. The van der Waals surface area contributed by atoms with Gasteiger partial charge in [-0.1, -0.05) is 11.8 Å². The largest absolute Gasteiger partial charge is 0.383 e. The molecule has 1 aliphatic heterocycles. The first-order valence-electron chi connectivity index (χ1n) is 11.1.